The largest absolute Gasteiger partial charge is 0.496 e. The van der Waals surface area contributed by atoms with E-state index in [1.54, 1.807) is 64.0 Å². The second-order valence-electron chi connectivity index (χ2n) is 9.94. The van der Waals surface area contributed by atoms with E-state index in [0.29, 0.717) is 38.6 Å². The SMILES string of the molecule is CCSCc1ccc(C(=O)c2cc(OC)c(P)cc2Cl)c(-c2cn(C)c(=O)cc2CNC(=O)OC(C)(C)C)c1. The highest BCUT2D eigenvalue weighted by atomic mass is 35.5. The number of aryl methyl sites for hydroxylation is 1. The van der Waals surface area contributed by atoms with E-state index in [1.807, 2.05) is 12.1 Å². The first-order valence-electron chi connectivity index (χ1n) is 12.4. The number of carbonyl (C=O) groups is 2. The number of halogens is 1. The van der Waals surface area contributed by atoms with Crippen molar-refractivity contribution in [2.24, 2.45) is 7.05 Å². The number of nitrogens with zero attached hydrogens (tertiary/aromatic N) is 1. The van der Waals surface area contributed by atoms with Gasteiger partial charge in [0.2, 0.25) is 0 Å². The van der Waals surface area contributed by atoms with Crippen molar-refractivity contribution in [1.82, 2.24) is 9.88 Å². The van der Waals surface area contributed by atoms with Gasteiger partial charge in [0, 0.05) is 53.6 Å². The first-order valence-corrected chi connectivity index (χ1v) is 14.5. The van der Waals surface area contributed by atoms with Gasteiger partial charge >= 0.3 is 6.09 Å². The summed E-state index contributed by atoms with van der Waals surface area (Å²) in [6.45, 7) is 7.45. The van der Waals surface area contributed by atoms with Crippen LogP contribution in [-0.2, 0) is 24.1 Å². The minimum atomic E-state index is -0.669. The van der Waals surface area contributed by atoms with Crippen LogP contribution < -0.4 is 20.9 Å². The number of aromatic nitrogens is 1. The molecular weight excluding hydrogens is 555 g/mol. The van der Waals surface area contributed by atoms with Crippen molar-refractivity contribution in [3.8, 4) is 16.9 Å². The van der Waals surface area contributed by atoms with Crippen LogP contribution in [0.1, 0.15) is 54.7 Å². The van der Waals surface area contributed by atoms with Crippen LogP contribution in [0.15, 0.2) is 47.4 Å². The number of thioether (sulfide) groups is 1. The number of amides is 1. The molecule has 0 bridgehead atoms. The van der Waals surface area contributed by atoms with Gasteiger partial charge in [-0.3, -0.25) is 9.59 Å². The van der Waals surface area contributed by atoms with E-state index in [9.17, 15) is 14.4 Å². The molecule has 1 heterocycles. The predicted molar refractivity (Wildman–Crippen MR) is 163 cm³/mol. The summed E-state index contributed by atoms with van der Waals surface area (Å²) in [6.07, 6.45) is 1.08. The van der Waals surface area contributed by atoms with Gasteiger partial charge in [0.1, 0.15) is 11.4 Å². The zero-order valence-corrected chi connectivity index (χ0v) is 25.7. The standard InChI is InChI=1S/C29H34ClN2O5PS/c1-7-39-16-17-8-9-19(27(34)21-12-24(36-6)25(38)13-23(21)30)20(10-17)22-15-32(5)26(33)11-18(22)14-31-28(35)37-29(2,3)4/h8-13,15H,7,14,16,38H2,1-6H3,(H,31,35). The van der Waals surface area contributed by atoms with Crippen LogP contribution in [0.2, 0.25) is 5.02 Å². The molecule has 1 N–H and O–H groups in total. The fourth-order valence-corrected chi connectivity index (χ4v) is 5.28. The fraction of sp³-hybridized carbons (Fsp3) is 0.345. The van der Waals surface area contributed by atoms with E-state index >= 15 is 0 Å². The highest BCUT2D eigenvalue weighted by Crippen LogP contribution is 2.33. The number of nitrogens with one attached hydrogen (secondary N) is 1. The molecule has 1 amide bonds. The summed E-state index contributed by atoms with van der Waals surface area (Å²) in [5.74, 6) is 1.94. The highest BCUT2D eigenvalue weighted by Gasteiger charge is 2.23. The van der Waals surface area contributed by atoms with Gasteiger partial charge < -0.3 is 19.4 Å². The van der Waals surface area contributed by atoms with E-state index in [-0.39, 0.29) is 17.9 Å². The van der Waals surface area contributed by atoms with Crippen LogP contribution >= 0.6 is 32.6 Å². The van der Waals surface area contributed by atoms with Crippen LogP contribution in [0.25, 0.3) is 11.1 Å². The predicted octanol–water partition coefficient (Wildman–Crippen LogP) is 5.72. The maximum Gasteiger partial charge on any atom is 0.407 e. The van der Waals surface area contributed by atoms with Crippen molar-refractivity contribution in [1.29, 1.82) is 0 Å². The van der Waals surface area contributed by atoms with Gasteiger partial charge in [-0.15, -0.1) is 9.24 Å². The van der Waals surface area contributed by atoms with Crippen LogP contribution in [0.3, 0.4) is 0 Å². The van der Waals surface area contributed by atoms with Crippen molar-refractivity contribution in [2.75, 3.05) is 12.9 Å². The van der Waals surface area contributed by atoms with Crippen LogP contribution in [0.4, 0.5) is 4.79 Å². The Kier molecular flexibility index (Phi) is 10.3. The first kappa shape index (κ1) is 30.7. The Morgan fingerprint density at radius 1 is 1.10 bits per heavy atom. The average Bonchev–Trinajstić information content (AvgIpc) is 2.86. The molecule has 2 aromatic carbocycles. The summed E-state index contributed by atoms with van der Waals surface area (Å²) in [6, 6.07) is 10.4. The summed E-state index contributed by atoms with van der Waals surface area (Å²) in [4.78, 5) is 38.9. The van der Waals surface area contributed by atoms with E-state index < -0.39 is 11.7 Å². The summed E-state index contributed by atoms with van der Waals surface area (Å²) < 4.78 is 12.2. The number of rotatable bonds is 9. The second kappa shape index (κ2) is 13.0. The summed E-state index contributed by atoms with van der Waals surface area (Å²) in [5, 5.41) is 3.77. The lowest BCUT2D eigenvalue weighted by Crippen LogP contribution is -2.32. The highest BCUT2D eigenvalue weighted by molar-refractivity contribution is 7.98. The molecule has 7 nitrogen and oxygen atoms in total. The summed E-state index contributed by atoms with van der Waals surface area (Å²) in [7, 11) is 5.73. The van der Waals surface area contributed by atoms with Gasteiger partial charge in [0.05, 0.1) is 12.1 Å². The third-order valence-corrected chi connectivity index (χ3v) is 7.50. The van der Waals surface area contributed by atoms with E-state index in [4.69, 9.17) is 21.1 Å². The molecule has 0 aliphatic carbocycles. The molecule has 0 saturated heterocycles. The molecule has 1 aromatic heterocycles. The lowest BCUT2D eigenvalue weighted by Gasteiger charge is -2.21. The monoisotopic (exact) mass is 588 g/mol. The molecule has 3 aromatic rings. The third kappa shape index (κ3) is 7.87. The Morgan fingerprint density at radius 3 is 2.46 bits per heavy atom. The van der Waals surface area contributed by atoms with Gasteiger partial charge in [0.25, 0.3) is 5.56 Å². The second-order valence-corrected chi connectivity index (χ2v) is 12.2. The number of methoxy groups -OCH3 is 1. The number of hydrogen-bond acceptors (Lipinski definition) is 6. The van der Waals surface area contributed by atoms with Crippen LogP contribution in [-0.4, -0.2) is 34.9 Å². The van der Waals surface area contributed by atoms with Gasteiger partial charge in [-0.25, -0.2) is 4.79 Å². The van der Waals surface area contributed by atoms with E-state index in [2.05, 4.69) is 21.5 Å². The number of benzene rings is 2. The Labute approximate surface area is 240 Å². The molecule has 0 aliphatic heterocycles. The molecule has 1 unspecified atom stereocenters. The summed E-state index contributed by atoms with van der Waals surface area (Å²) >= 11 is 8.28. The normalized spacial score (nSPS) is 11.3. The first-order chi connectivity index (χ1) is 18.3. The number of alkyl carbamates (subject to hydrolysis) is 1. The smallest absolute Gasteiger partial charge is 0.407 e. The molecule has 3 rings (SSSR count). The molecule has 0 radical (unpaired) electrons. The molecule has 0 spiro atoms. The lowest BCUT2D eigenvalue weighted by atomic mass is 9.91. The minimum absolute atomic E-state index is 0.0399. The van der Waals surface area contributed by atoms with Gasteiger partial charge in [-0.05, 0) is 61.4 Å². The van der Waals surface area contributed by atoms with Crippen molar-refractivity contribution in [3.63, 3.8) is 0 Å². The number of ether oxygens (including phenoxy) is 2. The van der Waals surface area contributed by atoms with Gasteiger partial charge in [-0.2, -0.15) is 11.8 Å². The molecular formula is C29H34ClN2O5PS. The minimum Gasteiger partial charge on any atom is -0.496 e. The molecule has 1 atom stereocenters. The van der Waals surface area contributed by atoms with Crippen molar-refractivity contribution >= 4 is 49.8 Å². The van der Waals surface area contributed by atoms with E-state index in [1.165, 1.54) is 17.7 Å². The van der Waals surface area contributed by atoms with Gasteiger partial charge in [-0.1, -0.05) is 30.7 Å². The maximum atomic E-state index is 13.9. The Bertz CT molecular complexity index is 1450. The maximum absolute atomic E-state index is 13.9. The number of carbonyl (C=O) groups excluding carboxylic acids is 2. The fourth-order valence-electron chi connectivity index (χ4n) is 3.93. The zero-order valence-electron chi connectivity index (χ0n) is 23.0. The number of hydrogen-bond donors (Lipinski definition) is 1. The Hall–Kier alpha value is -2.80. The lowest BCUT2D eigenvalue weighted by molar-refractivity contribution is 0.0523. The molecule has 39 heavy (non-hydrogen) atoms. The zero-order chi connectivity index (χ0) is 28.9. The topological polar surface area (TPSA) is 86.6 Å². The van der Waals surface area contributed by atoms with Gasteiger partial charge in [0.15, 0.2) is 5.78 Å². The third-order valence-electron chi connectivity index (χ3n) is 5.79. The Morgan fingerprint density at radius 2 is 1.82 bits per heavy atom. The van der Waals surface area contributed by atoms with Crippen LogP contribution in [0.5, 0.6) is 5.75 Å². The van der Waals surface area contributed by atoms with Crippen molar-refractivity contribution in [2.45, 2.75) is 45.6 Å². The molecule has 208 valence electrons. The van der Waals surface area contributed by atoms with Crippen molar-refractivity contribution in [3.05, 3.63) is 80.2 Å². The van der Waals surface area contributed by atoms with Crippen molar-refractivity contribution < 1.29 is 19.1 Å². The molecule has 0 fully saturated rings. The number of ketones is 1. The quantitative estimate of drug-likeness (QED) is 0.254. The van der Waals surface area contributed by atoms with E-state index in [0.717, 1.165) is 22.4 Å². The molecule has 0 saturated carbocycles. The molecule has 10 heteroatoms. The van der Waals surface area contributed by atoms with Crippen LogP contribution in [0, 0.1) is 0 Å². The summed E-state index contributed by atoms with van der Waals surface area (Å²) in [5.41, 5.74) is 2.67. The average molecular weight is 589 g/mol. The molecule has 0 aliphatic rings. The number of pyridine rings is 1. The Balaban J connectivity index is 2.17.